The highest BCUT2D eigenvalue weighted by Gasteiger charge is 2.32. The molecule has 0 aromatic heterocycles. The van der Waals surface area contributed by atoms with Crippen LogP contribution in [0.1, 0.15) is 58.8 Å². The van der Waals surface area contributed by atoms with Crippen LogP contribution >= 0.6 is 0 Å². The van der Waals surface area contributed by atoms with Crippen LogP contribution in [0.25, 0.3) is 0 Å². The molecule has 1 saturated heterocycles. The maximum Gasteiger partial charge on any atom is 0.326 e. The Morgan fingerprint density at radius 3 is 2.00 bits per heavy atom. The summed E-state index contributed by atoms with van der Waals surface area (Å²) in [7, 11) is 0. The molecule has 0 aromatic rings. The van der Waals surface area contributed by atoms with Gasteiger partial charge in [0, 0.05) is 12.8 Å². The summed E-state index contributed by atoms with van der Waals surface area (Å²) in [6, 6.07) is -4.21. The average Bonchev–Trinajstić information content (AvgIpc) is 3.27. The summed E-state index contributed by atoms with van der Waals surface area (Å²) in [6.45, 7) is 4.40. The molecule has 0 aliphatic carbocycles. The Morgan fingerprint density at radius 2 is 1.50 bits per heavy atom. The summed E-state index contributed by atoms with van der Waals surface area (Å²) in [5.41, 5.74) is 5.03. The first-order chi connectivity index (χ1) is 15.9. The van der Waals surface area contributed by atoms with Crippen molar-refractivity contribution in [1.29, 1.82) is 0 Å². The van der Waals surface area contributed by atoms with Crippen molar-refractivity contribution in [3.8, 4) is 0 Å². The third kappa shape index (κ3) is 10.6. The predicted molar refractivity (Wildman–Crippen MR) is 119 cm³/mol. The van der Waals surface area contributed by atoms with Gasteiger partial charge in [0.2, 0.25) is 23.6 Å². The van der Waals surface area contributed by atoms with Gasteiger partial charge in [0.1, 0.15) is 18.1 Å². The lowest BCUT2D eigenvalue weighted by Gasteiger charge is -2.26. The Morgan fingerprint density at radius 1 is 0.912 bits per heavy atom. The number of hydrogen-bond donors (Lipinski definition) is 7. The summed E-state index contributed by atoms with van der Waals surface area (Å²) in [6.07, 6.45) is 0.405. The minimum Gasteiger partial charge on any atom is -0.481 e. The number of amides is 4. The van der Waals surface area contributed by atoms with Crippen molar-refractivity contribution in [3.05, 3.63) is 0 Å². The Labute approximate surface area is 197 Å². The van der Waals surface area contributed by atoms with Crippen molar-refractivity contribution in [3.63, 3.8) is 0 Å². The van der Waals surface area contributed by atoms with Crippen LogP contribution < -0.4 is 27.0 Å². The first kappa shape index (κ1) is 28.8. The summed E-state index contributed by atoms with van der Waals surface area (Å²) < 4.78 is 0. The van der Waals surface area contributed by atoms with Gasteiger partial charge in [-0.15, -0.1) is 0 Å². The van der Waals surface area contributed by atoms with E-state index in [1.165, 1.54) is 0 Å². The largest absolute Gasteiger partial charge is 0.481 e. The molecule has 192 valence electrons. The zero-order valence-corrected chi connectivity index (χ0v) is 19.5. The molecular weight excluding hydrogens is 450 g/mol. The van der Waals surface area contributed by atoms with Gasteiger partial charge in [-0.05, 0) is 44.6 Å². The summed E-state index contributed by atoms with van der Waals surface area (Å²) in [4.78, 5) is 71.7. The van der Waals surface area contributed by atoms with E-state index in [4.69, 9.17) is 10.8 Å². The number of aliphatic carboxylic acids is 2. The van der Waals surface area contributed by atoms with E-state index in [1.54, 1.807) is 0 Å². The van der Waals surface area contributed by atoms with Crippen LogP contribution in [0.3, 0.4) is 0 Å². The first-order valence-electron chi connectivity index (χ1n) is 11.3. The number of nitrogens with one attached hydrogen (secondary N) is 4. The summed E-state index contributed by atoms with van der Waals surface area (Å²) in [5.74, 6) is -5.30. The van der Waals surface area contributed by atoms with Gasteiger partial charge < -0.3 is 37.2 Å². The van der Waals surface area contributed by atoms with Crippen LogP contribution in [0.15, 0.2) is 0 Å². The number of carbonyl (C=O) groups is 6. The van der Waals surface area contributed by atoms with E-state index >= 15 is 0 Å². The monoisotopic (exact) mass is 485 g/mol. The maximum absolute atomic E-state index is 13.0. The molecule has 1 aliphatic rings. The second kappa shape index (κ2) is 14.1. The number of carboxylic acids is 2. The fourth-order valence-electron chi connectivity index (χ4n) is 3.51. The van der Waals surface area contributed by atoms with Gasteiger partial charge >= 0.3 is 11.9 Å². The van der Waals surface area contributed by atoms with E-state index in [1.807, 2.05) is 13.8 Å². The molecule has 8 N–H and O–H groups in total. The van der Waals surface area contributed by atoms with Crippen molar-refractivity contribution < 1.29 is 39.0 Å². The molecule has 13 nitrogen and oxygen atoms in total. The second-order valence-corrected chi connectivity index (χ2v) is 8.74. The molecule has 1 rings (SSSR count). The van der Waals surface area contributed by atoms with Gasteiger partial charge in [0.15, 0.2) is 0 Å². The van der Waals surface area contributed by atoms with Crippen molar-refractivity contribution in [2.75, 3.05) is 6.54 Å². The predicted octanol–water partition coefficient (Wildman–Crippen LogP) is -1.55. The Bertz CT molecular complexity index is 766. The Kier molecular flexibility index (Phi) is 12.0. The zero-order chi connectivity index (χ0) is 25.8. The van der Waals surface area contributed by atoms with E-state index in [9.17, 15) is 33.9 Å². The van der Waals surface area contributed by atoms with Crippen molar-refractivity contribution in [2.45, 2.75) is 83.0 Å². The maximum atomic E-state index is 13.0. The standard InChI is InChI=1S/C21H35N5O8/c1-11(2)10-15(26-18(30)12-4-3-9-23-12)20(32)24-13(6-8-17(28)29)19(31)25-14(21(33)34)5-7-16(22)27/h11-15,23H,3-10H2,1-2H3,(H2,22,27)(H,24,32)(H,25,31)(H,26,30)(H,28,29)(H,33,34). The molecule has 4 amide bonds. The fourth-order valence-corrected chi connectivity index (χ4v) is 3.51. The number of nitrogens with two attached hydrogens (primary N) is 1. The van der Waals surface area contributed by atoms with Gasteiger partial charge in [-0.2, -0.15) is 0 Å². The van der Waals surface area contributed by atoms with Crippen LogP contribution in [0.5, 0.6) is 0 Å². The van der Waals surface area contributed by atoms with Gasteiger partial charge in [-0.3, -0.25) is 24.0 Å². The van der Waals surface area contributed by atoms with Crippen molar-refractivity contribution >= 4 is 35.6 Å². The number of primary amides is 1. The molecule has 34 heavy (non-hydrogen) atoms. The number of carbonyl (C=O) groups excluding carboxylic acids is 4. The minimum atomic E-state index is -1.45. The SMILES string of the molecule is CC(C)CC(NC(=O)C1CCCN1)C(=O)NC(CCC(=O)O)C(=O)NC(CCC(N)=O)C(=O)O. The molecule has 1 aliphatic heterocycles. The van der Waals surface area contributed by atoms with Crippen LogP contribution in [0.4, 0.5) is 0 Å². The number of rotatable bonds is 15. The fraction of sp³-hybridized carbons (Fsp3) is 0.714. The van der Waals surface area contributed by atoms with Crippen LogP contribution in [-0.4, -0.2) is 76.5 Å². The topological polar surface area (TPSA) is 217 Å². The molecular formula is C21H35N5O8. The van der Waals surface area contributed by atoms with E-state index in [2.05, 4.69) is 21.3 Å². The average molecular weight is 486 g/mol. The molecule has 0 spiro atoms. The molecule has 1 fully saturated rings. The summed E-state index contributed by atoms with van der Waals surface area (Å²) >= 11 is 0. The molecule has 1 heterocycles. The molecule has 4 atom stereocenters. The van der Waals surface area contributed by atoms with Gasteiger partial charge in [0.05, 0.1) is 6.04 Å². The molecule has 0 radical (unpaired) electrons. The van der Waals surface area contributed by atoms with E-state index in [0.717, 1.165) is 6.42 Å². The van der Waals surface area contributed by atoms with Gasteiger partial charge in [0.25, 0.3) is 0 Å². The third-order valence-electron chi connectivity index (χ3n) is 5.29. The lowest BCUT2D eigenvalue weighted by molar-refractivity contribution is -0.143. The van der Waals surface area contributed by atoms with E-state index in [-0.39, 0.29) is 37.5 Å². The molecule has 13 heteroatoms. The van der Waals surface area contributed by atoms with Crippen LogP contribution in [0.2, 0.25) is 0 Å². The van der Waals surface area contributed by atoms with Crippen LogP contribution in [0, 0.1) is 5.92 Å². The highest BCUT2D eigenvalue weighted by molar-refractivity contribution is 5.94. The van der Waals surface area contributed by atoms with E-state index in [0.29, 0.717) is 13.0 Å². The van der Waals surface area contributed by atoms with Gasteiger partial charge in [-0.1, -0.05) is 13.8 Å². The van der Waals surface area contributed by atoms with Crippen LogP contribution in [-0.2, 0) is 28.8 Å². The lowest BCUT2D eigenvalue weighted by atomic mass is 10.0. The quantitative estimate of drug-likeness (QED) is 0.143. The second-order valence-electron chi connectivity index (χ2n) is 8.74. The zero-order valence-electron chi connectivity index (χ0n) is 19.5. The highest BCUT2D eigenvalue weighted by Crippen LogP contribution is 2.10. The molecule has 0 saturated carbocycles. The summed E-state index contributed by atoms with van der Waals surface area (Å²) in [5, 5.41) is 28.7. The normalized spacial score (nSPS) is 17.9. The smallest absolute Gasteiger partial charge is 0.326 e. The van der Waals surface area contributed by atoms with Gasteiger partial charge in [-0.25, -0.2) is 4.79 Å². The van der Waals surface area contributed by atoms with E-state index < -0.39 is 60.2 Å². The molecule has 0 bridgehead atoms. The highest BCUT2D eigenvalue weighted by atomic mass is 16.4. The Balaban J connectivity index is 2.94. The molecule has 4 unspecified atom stereocenters. The first-order valence-corrected chi connectivity index (χ1v) is 11.3. The van der Waals surface area contributed by atoms with Crippen molar-refractivity contribution in [1.82, 2.24) is 21.3 Å². The lowest BCUT2D eigenvalue weighted by Crippen LogP contribution is -2.57. The van der Waals surface area contributed by atoms with Crippen molar-refractivity contribution in [2.24, 2.45) is 11.7 Å². The molecule has 0 aromatic carbocycles. The Hall–Kier alpha value is -3.22. The number of hydrogen-bond acceptors (Lipinski definition) is 7. The minimum absolute atomic E-state index is 0.0177. The number of carboxylic acid groups (broad SMARTS) is 2. The third-order valence-corrected chi connectivity index (χ3v) is 5.29.